The van der Waals surface area contributed by atoms with Gasteiger partial charge in [0.25, 0.3) is 0 Å². The number of aromatic hydroxyl groups is 1. The molecule has 2 rings (SSSR count). The highest BCUT2D eigenvalue weighted by molar-refractivity contribution is 7.17. The first-order chi connectivity index (χ1) is 6.74. The lowest BCUT2D eigenvalue weighted by Gasteiger charge is -2.01. The Balaban J connectivity index is 2.78. The number of aryl methyl sites for hydroxylation is 1. The predicted octanol–water partition coefficient (Wildman–Crippen LogP) is 2.98. The molecule has 0 saturated carbocycles. The summed E-state index contributed by atoms with van der Waals surface area (Å²) < 4.78 is 1.03. The zero-order chi connectivity index (χ0) is 10.1. The van der Waals surface area contributed by atoms with Gasteiger partial charge in [0, 0.05) is 15.5 Å². The molecule has 14 heavy (non-hydrogen) atoms. The summed E-state index contributed by atoms with van der Waals surface area (Å²) in [6.07, 6.45) is 0.400. The van der Waals surface area contributed by atoms with Gasteiger partial charge in [-0.25, -0.2) is 0 Å². The Kier molecular flexibility index (Phi) is 2.14. The number of thiophene rings is 1. The molecule has 1 heterocycles. The topological polar surface area (TPSA) is 44.0 Å². The molecule has 1 aromatic carbocycles. The van der Waals surface area contributed by atoms with Crippen LogP contribution in [0, 0.1) is 18.3 Å². The molecule has 0 atom stereocenters. The molecule has 0 saturated heterocycles. The molecular weight excluding hydrogens is 194 g/mol. The van der Waals surface area contributed by atoms with Crippen molar-refractivity contribution < 1.29 is 5.11 Å². The summed E-state index contributed by atoms with van der Waals surface area (Å²) in [5, 5.41) is 20.9. The molecule has 0 amide bonds. The van der Waals surface area contributed by atoms with Crippen LogP contribution in [0.1, 0.15) is 11.1 Å². The van der Waals surface area contributed by atoms with E-state index in [1.54, 1.807) is 5.38 Å². The van der Waals surface area contributed by atoms with Gasteiger partial charge >= 0.3 is 0 Å². The zero-order valence-electron chi connectivity index (χ0n) is 7.74. The number of rotatable bonds is 1. The SMILES string of the molecule is Cc1ccc(CC#N)c2scc(O)c12. The average Bonchev–Trinajstić information content (AvgIpc) is 2.54. The Morgan fingerprint density at radius 1 is 1.50 bits per heavy atom. The summed E-state index contributed by atoms with van der Waals surface area (Å²) >= 11 is 1.49. The molecule has 0 spiro atoms. The second kappa shape index (κ2) is 3.32. The highest BCUT2D eigenvalue weighted by atomic mass is 32.1. The number of benzene rings is 1. The lowest BCUT2D eigenvalue weighted by molar-refractivity contribution is 0.483. The number of fused-ring (bicyclic) bond motifs is 1. The Labute approximate surface area is 86.0 Å². The molecule has 0 fully saturated rings. The first kappa shape index (κ1) is 9.04. The minimum absolute atomic E-state index is 0.322. The quantitative estimate of drug-likeness (QED) is 0.774. The lowest BCUT2D eigenvalue weighted by atomic mass is 10.1. The summed E-state index contributed by atoms with van der Waals surface area (Å²) in [4.78, 5) is 0. The van der Waals surface area contributed by atoms with Gasteiger partial charge in [0.05, 0.1) is 12.5 Å². The van der Waals surface area contributed by atoms with Gasteiger partial charge in [0.1, 0.15) is 5.75 Å². The van der Waals surface area contributed by atoms with E-state index in [1.807, 2.05) is 19.1 Å². The summed E-state index contributed by atoms with van der Waals surface area (Å²) in [5.41, 5.74) is 2.05. The van der Waals surface area contributed by atoms with Crippen molar-refractivity contribution >= 4 is 21.4 Å². The highest BCUT2D eigenvalue weighted by Crippen LogP contribution is 2.36. The summed E-state index contributed by atoms with van der Waals surface area (Å²) in [6.45, 7) is 1.96. The summed E-state index contributed by atoms with van der Waals surface area (Å²) in [7, 11) is 0. The predicted molar refractivity (Wildman–Crippen MR) is 57.5 cm³/mol. The number of nitriles is 1. The van der Waals surface area contributed by atoms with Gasteiger partial charge in [0.2, 0.25) is 0 Å². The maximum atomic E-state index is 9.61. The fourth-order valence-corrected chi connectivity index (χ4v) is 2.60. The Morgan fingerprint density at radius 3 is 3.00 bits per heavy atom. The maximum Gasteiger partial charge on any atom is 0.134 e. The van der Waals surface area contributed by atoms with E-state index >= 15 is 0 Å². The van der Waals surface area contributed by atoms with Gasteiger partial charge in [-0.3, -0.25) is 0 Å². The van der Waals surface area contributed by atoms with Crippen LogP contribution in [0.2, 0.25) is 0 Å². The van der Waals surface area contributed by atoms with Crippen LogP contribution < -0.4 is 0 Å². The average molecular weight is 203 g/mol. The van der Waals surface area contributed by atoms with Crippen molar-refractivity contribution in [1.82, 2.24) is 0 Å². The minimum Gasteiger partial charge on any atom is -0.506 e. The van der Waals surface area contributed by atoms with Crippen LogP contribution >= 0.6 is 11.3 Å². The van der Waals surface area contributed by atoms with Crippen LogP contribution in [0.5, 0.6) is 5.75 Å². The van der Waals surface area contributed by atoms with E-state index in [0.717, 1.165) is 21.2 Å². The molecule has 0 aliphatic rings. The van der Waals surface area contributed by atoms with Gasteiger partial charge in [0.15, 0.2) is 0 Å². The third-order valence-electron chi connectivity index (χ3n) is 2.26. The number of hydrogen-bond donors (Lipinski definition) is 1. The molecule has 2 nitrogen and oxygen atoms in total. The van der Waals surface area contributed by atoms with E-state index in [1.165, 1.54) is 11.3 Å². The third kappa shape index (κ3) is 1.24. The zero-order valence-corrected chi connectivity index (χ0v) is 8.56. The van der Waals surface area contributed by atoms with Gasteiger partial charge in [-0.15, -0.1) is 11.3 Å². The number of hydrogen-bond acceptors (Lipinski definition) is 3. The largest absolute Gasteiger partial charge is 0.506 e. The molecule has 2 aromatic rings. The molecule has 1 aromatic heterocycles. The van der Waals surface area contributed by atoms with Crippen LogP contribution in [0.15, 0.2) is 17.5 Å². The van der Waals surface area contributed by atoms with E-state index < -0.39 is 0 Å². The van der Waals surface area contributed by atoms with E-state index in [4.69, 9.17) is 5.26 Å². The smallest absolute Gasteiger partial charge is 0.134 e. The Hall–Kier alpha value is -1.53. The lowest BCUT2D eigenvalue weighted by Crippen LogP contribution is -1.83. The van der Waals surface area contributed by atoms with E-state index in [0.29, 0.717) is 12.2 Å². The Bertz CT molecular complexity index is 522. The van der Waals surface area contributed by atoms with Crippen molar-refractivity contribution in [2.75, 3.05) is 0 Å². The second-order valence-electron chi connectivity index (χ2n) is 3.20. The molecule has 0 radical (unpaired) electrons. The van der Waals surface area contributed by atoms with Crippen LogP contribution in [-0.2, 0) is 6.42 Å². The second-order valence-corrected chi connectivity index (χ2v) is 4.08. The molecule has 1 N–H and O–H groups in total. The van der Waals surface area contributed by atoms with Crippen molar-refractivity contribution in [2.45, 2.75) is 13.3 Å². The van der Waals surface area contributed by atoms with Crippen molar-refractivity contribution in [3.05, 3.63) is 28.6 Å². The van der Waals surface area contributed by atoms with E-state index in [9.17, 15) is 5.11 Å². The molecular formula is C11H9NOS. The maximum absolute atomic E-state index is 9.61. The minimum atomic E-state index is 0.322. The number of nitrogens with zero attached hydrogens (tertiary/aromatic N) is 1. The van der Waals surface area contributed by atoms with Crippen molar-refractivity contribution in [2.24, 2.45) is 0 Å². The molecule has 3 heteroatoms. The third-order valence-corrected chi connectivity index (χ3v) is 3.30. The first-order valence-corrected chi connectivity index (χ1v) is 5.17. The standard InChI is InChI=1S/C11H9NOS/c1-7-2-3-8(4-5-12)11-10(7)9(13)6-14-11/h2-3,6,13H,4H2,1H3. The summed E-state index contributed by atoms with van der Waals surface area (Å²) in [5.74, 6) is 0.322. The van der Waals surface area contributed by atoms with Crippen molar-refractivity contribution in [3.8, 4) is 11.8 Å². The molecule has 70 valence electrons. The molecule has 0 aliphatic carbocycles. The van der Waals surface area contributed by atoms with Crippen LogP contribution in [-0.4, -0.2) is 5.11 Å². The fraction of sp³-hybridized carbons (Fsp3) is 0.182. The van der Waals surface area contributed by atoms with Crippen molar-refractivity contribution in [3.63, 3.8) is 0 Å². The summed E-state index contributed by atoms with van der Waals surface area (Å²) in [6, 6.07) is 6.03. The highest BCUT2D eigenvalue weighted by Gasteiger charge is 2.09. The van der Waals surface area contributed by atoms with Crippen LogP contribution in [0.25, 0.3) is 10.1 Å². The van der Waals surface area contributed by atoms with Gasteiger partial charge in [-0.2, -0.15) is 5.26 Å². The molecule has 0 aliphatic heterocycles. The fourth-order valence-electron chi connectivity index (χ4n) is 1.58. The normalized spacial score (nSPS) is 10.3. The van der Waals surface area contributed by atoms with Gasteiger partial charge < -0.3 is 5.11 Å². The monoisotopic (exact) mass is 203 g/mol. The van der Waals surface area contributed by atoms with E-state index in [2.05, 4.69) is 6.07 Å². The Morgan fingerprint density at radius 2 is 2.29 bits per heavy atom. The first-order valence-electron chi connectivity index (χ1n) is 4.29. The van der Waals surface area contributed by atoms with Gasteiger partial charge in [-0.05, 0) is 18.1 Å². The van der Waals surface area contributed by atoms with Crippen molar-refractivity contribution in [1.29, 1.82) is 5.26 Å². The molecule has 0 bridgehead atoms. The van der Waals surface area contributed by atoms with E-state index in [-0.39, 0.29) is 0 Å². The van der Waals surface area contributed by atoms with Crippen LogP contribution in [0.3, 0.4) is 0 Å². The van der Waals surface area contributed by atoms with Gasteiger partial charge in [-0.1, -0.05) is 12.1 Å². The molecule has 0 unspecified atom stereocenters. The van der Waals surface area contributed by atoms with Crippen LogP contribution in [0.4, 0.5) is 0 Å².